The van der Waals surface area contributed by atoms with E-state index < -0.39 is 11.4 Å². The lowest BCUT2D eigenvalue weighted by Gasteiger charge is -2.23. The van der Waals surface area contributed by atoms with Crippen LogP contribution in [-0.4, -0.2) is 33.0 Å². The molecule has 32 heavy (non-hydrogen) atoms. The Labute approximate surface area is 193 Å². The molecule has 1 aromatic carbocycles. The van der Waals surface area contributed by atoms with Gasteiger partial charge in [-0.3, -0.25) is 14.4 Å². The molecule has 3 unspecified atom stereocenters. The van der Waals surface area contributed by atoms with Crippen LogP contribution in [0.1, 0.15) is 48.0 Å². The van der Waals surface area contributed by atoms with Crippen LogP contribution in [0, 0.1) is 5.92 Å². The van der Waals surface area contributed by atoms with Crippen LogP contribution in [0.3, 0.4) is 0 Å². The molecule has 0 radical (unpaired) electrons. The van der Waals surface area contributed by atoms with Crippen LogP contribution in [0.5, 0.6) is 5.75 Å². The van der Waals surface area contributed by atoms with Crippen LogP contribution >= 0.6 is 23.1 Å². The number of rotatable bonds is 4. The highest BCUT2D eigenvalue weighted by Crippen LogP contribution is 2.37. The molecule has 1 aliphatic heterocycles. The number of fused-ring (bicyclic) bond motifs is 4. The zero-order valence-electron chi connectivity index (χ0n) is 18.0. The van der Waals surface area contributed by atoms with Crippen molar-refractivity contribution in [1.82, 2.24) is 9.97 Å². The number of H-pyrrole nitrogens is 1. The lowest BCUT2D eigenvalue weighted by atomic mass is 9.89. The fourth-order valence-corrected chi connectivity index (χ4v) is 6.52. The summed E-state index contributed by atoms with van der Waals surface area (Å²) in [7, 11) is 0. The first-order chi connectivity index (χ1) is 15.3. The number of ketones is 1. The van der Waals surface area contributed by atoms with Crippen LogP contribution < -0.4 is 15.6 Å². The van der Waals surface area contributed by atoms with Gasteiger partial charge in [0.2, 0.25) is 0 Å². The minimum absolute atomic E-state index is 0.118. The summed E-state index contributed by atoms with van der Waals surface area (Å²) < 4.78 is 5.55. The first-order valence-electron chi connectivity index (χ1n) is 10.7. The van der Waals surface area contributed by atoms with E-state index in [4.69, 9.17) is 4.74 Å². The summed E-state index contributed by atoms with van der Waals surface area (Å²) in [6.45, 7) is 5.69. The summed E-state index contributed by atoms with van der Waals surface area (Å²) in [5.74, 6) is 0.804. The number of hydrogen-bond acceptors (Lipinski definition) is 7. The molecule has 0 bridgehead atoms. The maximum Gasteiger partial charge on any atom is 0.265 e. The number of Topliss-reactive ketones (excluding diaryl/α,β-unsaturated/α-hetero) is 1. The fraction of sp³-hybridized carbons (Fsp3) is 0.391. The summed E-state index contributed by atoms with van der Waals surface area (Å²) in [6.07, 6.45) is 2.43. The molecule has 1 aliphatic carbocycles. The number of amides is 1. The van der Waals surface area contributed by atoms with E-state index in [9.17, 15) is 14.4 Å². The molecule has 1 amide bonds. The van der Waals surface area contributed by atoms with Gasteiger partial charge in [0, 0.05) is 10.4 Å². The topological polar surface area (TPSA) is 101 Å². The third kappa shape index (κ3) is 3.73. The molecule has 7 nitrogen and oxygen atoms in total. The number of anilines is 1. The molecule has 3 aromatic rings. The SMILES string of the molecule is CC1CCc2c(sc3nc(SC(C)C(=O)c4ccc5c(c4)NC(=O)C(C)O5)[nH]c(=O)c23)C1. The van der Waals surface area contributed by atoms with Gasteiger partial charge < -0.3 is 15.0 Å². The number of nitrogens with one attached hydrogen (secondary N) is 2. The molecule has 3 atom stereocenters. The van der Waals surface area contributed by atoms with E-state index in [2.05, 4.69) is 22.2 Å². The number of thiophene rings is 1. The van der Waals surface area contributed by atoms with Crippen LogP contribution in [0.2, 0.25) is 0 Å². The third-order valence-corrected chi connectivity index (χ3v) is 8.13. The summed E-state index contributed by atoms with van der Waals surface area (Å²) in [5, 5.41) is 3.45. The van der Waals surface area contributed by atoms with Crippen LogP contribution in [0.25, 0.3) is 10.2 Å². The predicted octanol–water partition coefficient (Wildman–Crippen LogP) is 4.19. The highest BCUT2D eigenvalue weighted by Gasteiger charge is 2.27. The van der Waals surface area contributed by atoms with E-state index in [1.165, 1.54) is 16.6 Å². The number of hydrogen-bond donors (Lipinski definition) is 2. The van der Waals surface area contributed by atoms with E-state index in [-0.39, 0.29) is 17.2 Å². The van der Waals surface area contributed by atoms with Crippen molar-refractivity contribution in [1.29, 1.82) is 0 Å². The first-order valence-corrected chi connectivity index (χ1v) is 12.4. The van der Waals surface area contributed by atoms with E-state index in [0.29, 0.717) is 33.5 Å². The molecule has 5 rings (SSSR count). The Bertz CT molecular complexity index is 1310. The highest BCUT2D eigenvalue weighted by atomic mass is 32.2. The lowest BCUT2D eigenvalue weighted by molar-refractivity contribution is -0.122. The van der Waals surface area contributed by atoms with Crippen LogP contribution in [-0.2, 0) is 17.6 Å². The molecule has 9 heteroatoms. The van der Waals surface area contributed by atoms with Gasteiger partial charge in [0.25, 0.3) is 11.5 Å². The van der Waals surface area contributed by atoms with Gasteiger partial charge in [0.1, 0.15) is 10.6 Å². The van der Waals surface area contributed by atoms with Crippen molar-refractivity contribution in [2.45, 2.75) is 56.5 Å². The van der Waals surface area contributed by atoms with Gasteiger partial charge in [-0.1, -0.05) is 18.7 Å². The largest absolute Gasteiger partial charge is 0.479 e. The summed E-state index contributed by atoms with van der Waals surface area (Å²) >= 11 is 2.83. The monoisotopic (exact) mass is 469 g/mol. The number of thioether (sulfide) groups is 1. The number of ether oxygens (including phenoxy) is 1. The molecule has 2 aromatic heterocycles. The number of carbonyl (C=O) groups excluding carboxylic acids is 2. The van der Waals surface area contributed by atoms with Gasteiger partial charge >= 0.3 is 0 Å². The van der Waals surface area contributed by atoms with Crippen molar-refractivity contribution in [3.63, 3.8) is 0 Å². The van der Waals surface area contributed by atoms with Crippen LogP contribution in [0.15, 0.2) is 28.2 Å². The standard InChI is InChI=1S/C23H23N3O4S2/c1-10-4-6-14-17(8-10)32-22-18(14)21(29)25-23(26-22)31-12(3)19(27)13-5-7-16-15(9-13)24-20(28)11(2)30-16/h5,7,9-12H,4,6,8H2,1-3H3,(H,24,28)(H,25,26,29). The highest BCUT2D eigenvalue weighted by molar-refractivity contribution is 8.00. The second kappa shape index (κ2) is 8.04. The van der Waals surface area contributed by atoms with Gasteiger partial charge in [0.15, 0.2) is 17.0 Å². The fourth-order valence-electron chi connectivity index (χ4n) is 4.20. The van der Waals surface area contributed by atoms with Gasteiger partial charge in [-0.25, -0.2) is 4.98 Å². The van der Waals surface area contributed by atoms with Gasteiger partial charge in [-0.2, -0.15) is 0 Å². The molecule has 2 aliphatic rings. The Balaban J connectivity index is 1.38. The van der Waals surface area contributed by atoms with Crippen molar-refractivity contribution >= 4 is 50.7 Å². The Morgan fingerprint density at radius 1 is 1.31 bits per heavy atom. The Morgan fingerprint density at radius 2 is 2.12 bits per heavy atom. The molecule has 3 heterocycles. The van der Waals surface area contributed by atoms with E-state index in [0.717, 1.165) is 29.7 Å². The summed E-state index contributed by atoms with van der Waals surface area (Å²) in [5.41, 5.74) is 1.96. The van der Waals surface area contributed by atoms with E-state index >= 15 is 0 Å². The Kier molecular flexibility index (Phi) is 5.33. The van der Waals surface area contributed by atoms with E-state index in [1.807, 2.05) is 0 Å². The van der Waals surface area contributed by atoms with Crippen molar-refractivity contribution in [2.75, 3.05) is 5.32 Å². The third-order valence-electron chi connectivity index (χ3n) is 6.00. The summed E-state index contributed by atoms with van der Waals surface area (Å²) in [6, 6.07) is 5.02. The molecule has 2 N–H and O–H groups in total. The smallest absolute Gasteiger partial charge is 0.265 e. The number of benzene rings is 1. The number of aromatic amines is 1. The minimum Gasteiger partial charge on any atom is -0.479 e. The zero-order chi connectivity index (χ0) is 22.6. The summed E-state index contributed by atoms with van der Waals surface area (Å²) in [4.78, 5) is 47.3. The van der Waals surface area contributed by atoms with Crippen molar-refractivity contribution in [3.05, 3.63) is 44.6 Å². The van der Waals surface area contributed by atoms with Crippen molar-refractivity contribution in [3.8, 4) is 5.75 Å². The number of aromatic nitrogens is 2. The number of nitrogens with zero attached hydrogens (tertiary/aromatic N) is 1. The average molecular weight is 470 g/mol. The Hall–Kier alpha value is -2.65. The maximum absolute atomic E-state index is 13.0. The first kappa shape index (κ1) is 21.2. The van der Waals surface area contributed by atoms with Gasteiger partial charge in [0.05, 0.1) is 16.3 Å². The molecular formula is C23H23N3O4S2. The molecule has 0 saturated heterocycles. The molecule has 0 spiro atoms. The normalized spacial score (nSPS) is 20.8. The van der Waals surface area contributed by atoms with Crippen molar-refractivity contribution < 1.29 is 14.3 Å². The molecule has 0 saturated carbocycles. The van der Waals surface area contributed by atoms with Gasteiger partial charge in [-0.05, 0) is 62.8 Å². The predicted molar refractivity (Wildman–Crippen MR) is 126 cm³/mol. The minimum atomic E-state index is -0.567. The maximum atomic E-state index is 13.0. The van der Waals surface area contributed by atoms with Crippen LogP contribution in [0.4, 0.5) is 5.69 Å². The zero-order valence-corrected chi connectivity index (χ0v) is 19.6. The van der Waals surface area contributed by atoms with Gasteiger partial charge in [-0.15, -0.1) is 11.3 Å². The average Bonchev–Trinajstić information content (AvgIpc) is 3.11. The Morgan fingerprint density at radius 3 is 2.94 bits per heavy atom. The number of aryl methyl sites for hydroxylation is 1. The molecule has 166 valence electrons. The second-order valence-corrected chi connectivity index (χ2v) is 10.9. The second-order valence-electron chi connectivity index (χ2n) is 8.49. The quantitative estimate of drug-likeness (QED) is 0.338. The van der Waals surface area contributed by atoms with E-state index in [1.54, 1.807) is 43.4 Å². The number of carbonyl (C=O) groups is 2. The molecular weight excluding hydrogens is 446 g/mol. The van der Waals surface area contributed by atoms with Crippen molar-refractivity contribution in [2.24, 2.45) is 5.92 Å². The lowest BCUT2D eigenvalue weighted by Crippen LogP contribution is -2.34. The molecule has 0 fully saturated rings.